The molecule has 1 rings (SSSR count). The van der Waals surface area contributed by atoms with Gasteiger partial charge in [-0.1, -0.05) is 6.92 Å². The van der Waals surface area contributed by atoms with Gasteiger partial charge < -0.3 is 14.9 Å². The van der Waals surface area contributed by atoms with Crippen molar-refractivity contribution in [3.63, 3.8) is 0 Å². The lowest BCUT2D eigenvalue weighted by Gasteiger charge is -2.26. The minimum absolute atomic E-state index is 0.0834. The smallest absolute Gasteiger partial charge is 0.225 e. The second kappa shape index (κ2) is 5.47. The van der Waals surface area contributed by atoms with E-state index in [1.165, 1.54) is 0 Å². The molecule has 1 aliphatic rings. The molecule has 1 fully saturated rings. The number of likely N-dealkylation sites (tertiary alicyclic amines) is 1. The summed E-state index contributed by atoms with van der Waals surface area (Å²) in [6.07, 6.45) is 0.964. The lowest BCUT2D eigenvalue weighted by molar-refractivity contribution is -0.127. The first kappa shape index (κ1) is 12.5. The van der Waals surface area contributed by atoms with Crippen LogP contribution in [0.5, 0.6) is 0 Å². The molecule has 1 amide bonds. The molecule has 0 aliphatic carbocycles. The number of aliphatic hydroxyl groups excluding tert-OH is 1. The van der Waals surface area contributed by atoms with Gasteiger partial charge in [0.05, 0.1) is 12.5 Å². The number of hydrogen-bond acceptors (Lipinski definition) is 3. The number of nitrogens with zero attached hydrogens (tertiary/aromatic N) is 2. The molecule has 4 nitrogen and oxygen atoms in total. The summed E-state index contributed by atoms with van der Waals surface area (Å²) in [5, 5.41) is 9.31. The highest BCUT2D eigenvalue weighted by Crippen LogP contribution is 2.10. The molecule has 2 unspecified atom stereocenters. The summed E-state index contributed by atoms with van der Waals surface area (Å²) in [5.74, 6) is 0.0834. The summed E-state index contributed by atoms with van der Waals surface area (Å²) in [7, 11) is 2.07. The number of likely N-dealkylation sites (N-methyl/N-ethyl adjacent to an activating group) is 1. The molecule has 1 N–H and O–H groups in total. The van der Waals surface area contributed by atoms with Gasteiger partial charge in [-0.2, -0.15) is 0 Å². The zero-order valence-corrected chi connectivity index (χ0v) is 9.94. The topological polar surface area (TPSA) is 43.8 Å². The Morgan fingerprint density at radius 1 is 1.67 bits per heavy atom. The van der Waals surface area contributed by atoms with Crippen molar-refractivity contribution in [1.29, 1.82) is 0 Å². The highest BCUT2D eigenvalue weighted by Gasteiger charge is 2.27. The number of carbonyl (C=O) groups is 1. The normalized spacial score (nSPS) is 23.9. The van der Waals surface area contributed by atoms with Crippen molar-refractivity contribution in [2.24, 2.45) is 0 Å². The van der Waals surface area contributed by atoms with E-state index in [4.69, 9.17) is 0 Å². The maximum absolute atomic E-state index is 11.4. The van der Waals surface area contributed by atoms with Gasteiger partial charge in [-0.3, -0.25) is 4.79 Å². The number of rotatable bonds is 5. The molecule has 1 aliphatic heterocycles. The number of hydrogen-bond donors (Lipinski definition) is 1. The van der Waals surface area contributed by atoms with Gasteiger partial charge in [0.25, 0.3) is 0 Å². The van der Waals surface area contributed by atoms with Crippen LogP contribution in [0.4, 0.5) is 0 Å². The summed E-state index contributed by atoms with van der Waals surface area (Å²) >= 11 is 0. The largest absolute Gasteiger partial charge is 0.391 e. The van der Waals surface area contributed by atoms with Gasteiger partial charge in [-0.25, -0.2) is 0 Å². The predicted molar refractivity (Wildman–Crippen MR) is 59.6 cm³/mol. The average molecular weight is 214 g/mol. The highest BCUT2D eigenvalue weighted by molar-refractivity contribution is 5.78. The van der Waals surface area contributed by atoms with Crippen molar-refractivity contribution in [2.75, 3.05) is 26.7 Å². The molecular weight excluding hydrogens is 192 g/mol. The van der Waals surface area contributed by atoms with Gasteiger partial charge in [-0.15, -0.1) is 0 Å². The number of β-amino-alcohol motifs (C(OH)–C–C–N with tert-alkyl or cyclic N) is 1. The monoisotopic (exact) mass is 214 g/mol. The van der Waals surface area contributed by atoms with Gasteiger partial charge in [0, 0.05) is 25.7 Å². The van der Waals surface area contributed by atoms with E-state index < -0.39 is 6.10 Å². The molecule has 0 saturated carbocycles. The van der Waals surface area contributed by atoms with Crippen LogP contribution < -0.4 is 0 Å². The van der Waals surface area contributed by atoms with Crippen LogP contribution in [-0.2, 0) is 4.79 Å². The molecule has 0 spiro atoms. The third kappa shape index (κ3) is 3.47. The van der Waals surface area contributed by atoms with E-state index in [1.807, 2.05) is 0 Å². The molecule has 0 aromatic heterocycles. The van der Waals surface area contributed by atoms with E-state index in [0.717, 1.165) is 19.5 Å². The van der Waals surface area contributed by atoms with E-state index in [1.54, 1.807) is 4.90 Å². The third-order valence-corrected chi connectivity index (χ3v) is 3.26. The van der Waals surface area contributed by atoms with Crippen LogP contribution in [0, 0.1) is 0 Å². The Bertz CT molecular complexity index is 221. The minimum atomic E-state index is -0.452. The summed E-state index contributed by atoms with van der Waals surface area (Å²) in [4.78, 5) is 15.4. The fourth-order valence-corrected chi connectivity index (χ4v) is 1.78. The third-order valence-electron chi connectivity index (χ3n) is 3.26. The lowest BCUT2D eigenvalue weighted by atomic mass is 10.2. The zero-order chi connectivity index (χ0) is 11.4. The SMILES string of the molecule is CCC(C)N(C)CCN1CC(O)CC1=O. The van der Waals surface area contributed by atoms with Crippen molar-refractivity contribution in [1.82, 2.24) is 9.80 Å². The molecule has 1 heterocycles. The van der Waals surface area contributed by atoms with Crippen molar-refractivity contribution in [3.8, 4) is 0 Å². The van der Waals surface area contributed by atoms with Crippen molar-refractivity contribution >= 4 is 5.91 Å². The van der Waals surface area contributed by atoms with Crippen LogP contribution in [0.3, 0.4) is 0 Å². The first-order valence-corrected chi connectivity index (χ1v) is 5.70. The summed E-state index contributed by atoms with van der Waals surface area (Å²) < 4.78 is 0. The van der Waals surface area contributed by atoms with E-state index in [0.29, 0.717) is 19.0 Å². The van der Waals surface area contributed by atoms with E-state index in [9.17, 15) is 9.90 Å². The van der Waals surface area contributed by atoms with Crippen LogP contribution in [0.15, 0.2) is 0 Å². The summed E-state index contributed by atoms with van der Waals surface area (Å²) in [6.45, 7) is 6.46. The van der Waals surface area contributed by atoms with Gasteiger partial charge in [0.1, 0.15) is 0 Å². The van der Waals surface area contributed by atoms with Crippen molar-refractivity contribution < 1.29 is 9.90 Å². The molecular formula is C11H22N2O2. The van der Waals surface area contributed by atoms with Crippen LogP contribution in [-0.4, -0.2) is 59.6 Å². The zero-order valence-electron chi connectivity index (χ0n) is 9.94. The summed E-state index contributed by atoms with van der Waals surface area (Å²) in [5.41, 5.74) is 0. The molecule has 88 valence electrons. The molecule has 2 atom stereocenters. The van der Waals surface area contributed by atoms with Crippen LogP contribution in [0.2, 0.25) is 0 Å². The second-order valence-corrected chi connectivity index (χ2v) is 4.44. The molecule has 15 heavy (non-hydrogen) atoms. The van der Waals surface area contributed by atoms with E-state index >= 15 is 0 Å². The molecule has 1 saturated heterocycles. The Balaban J connectivity index is 2.28. The number of amides is 1. The Kier molecular flexibility index (Phi) is 4.54. The van der Waals surface area contributed by atoms with Gasteiger partial charge in [0.15, 0.2) is 0 Å². The van der Waals surface area contributed by atoms with Gasteiger partial charge >= 0.3 is 0 Å². The van der Waals surface area contributed by atoms with Crippen LogP contribution >= 0.6 is 0 Å². The molecule has 0 bridgehead atoms. The van der Waals surface area contributed by atoms with Crippen LogP contribution in [0.25, 0.3) is 0 Å². The van der Waals surface area contributed by atoms with Crippen molar-refractivity contribution in [2.45, 2.75) is 38.8 Å². The molecule has 0 aromatic rings. The lowest BCUT2D eigenvalue weighted by Crippen LogP contribution is -2.38. The van der Waals surface area contributed by atoms with E-state index in [2.05, 4.69) is 25.8 Å². The maximum Gasteiger partial charge on any atom is 0.225 e. The minimum Gasteiger partial charge on any atom is -0.391 e. The number of carbonyl (C=O) groups excluding carboxylic acids is 1. The van der Waals surface area contributed by atoms with E-state index in [-0.39, 0.29) is 5.91 Å². The first-order valence-electron chi connectivity index (χ1n) is 5.70. The standard InChI is InChI=1S/C11H22N2O2/c1-4-9(2)12(3)5-6-13-8-10(14)7-11(13)15/h9-10,14H,4-8H2,1-3H3. The molecule has 0 aromatic carbocycles. The first-order chi connectivity index (χ1) is 7.04. The molecule has 4 heteroatoms. The van der Waals surface area contributed by atoms with Gasteiger partial charge in [0.2, 0.25) is 5.91 Å². The highest BCUT2D eigenvalue weighted by atomic mass is 16.3. The van der Waals surface area contributed by atoms with Gasteiger partial charge in [-0.05, 0) is 20.4 Å². The predicted octanol–water partition coefficient (Wildman–Crippen LogP) is 0.310. The Labute approximate surface area is 91.9 Å². The quantitative estimate of drug-likeness (QED) is 0.716. The number of aliphatic hydroxyl groups is 1. The second-order valence-electron chi connectivity index (χ2n) is 4.44. The van der Waals surface area contributed by atoms with Crippen LogP contribution in [0.1, 0.15) is 26.7 Å². The summed E-state index contributed by atoms with van der Waals surface area (Å²) in [6, 6.07) is 0.549. The fourth-order valence-electron chi connectivity index (χ4n) is 1.78. The van der Waals surface area contributed by atoms with Crippen molar-refractivity contribution in [3.05, 3.63) is 0 Å². The average Bonchev–Trinajstić information content (AvgIpc) is 2.52. The fraction of sp³-hybridized carbons (Fsp3) is 0.909. The Morgan fingerprint density at radius 3 is 2.80 bits per heavy atom. The molecule has 0 radical (unpaired) electrons. The Morgan fingerprint density at radius 2 is 2.33 bits per heavy atom. The maximum atomic E-state index is 11.4. The Hall–Kier alpha value is -0.610.